The van der Waals surface area contributed by atoms with E-state index in [1.807, 2.05) is 0 Å². The second-order valence-electron chi connectivity index (χ2n) is 2.46. The Bertz CT molecular complexity index is 149. The quantitative estimate of drug-likeness (QED) is 0.464. The molecule has 11 heavy (non-hydrogen) atoms. The van der Waals surface area contributed by atoms with Crippen molar-refractivity contribution in [3.8, 4) is 0 Å². The summed E-state index contributed by atoms with van der Waals surface area (Å²) < 4.78 is 4.88. The van der Waals surface area contributed by atoms with Crippen molar-refractivity contribution in [3.05, 3.63) is 0 Å². The van der Waals surface area contributed by atoms with E-state index in [1.54, 1.807) is 0 Å². The van der Waals surface area contributed by atoms with E-state index in [2.05, 4.69) is 0 Å². The van der Waals surface area contributed by atoms with Crippen LogP contribution in [0.1, 0.15) is 0 Å². The van der Waals surface area contributed by atoms with Crippen LogP contribution in [-0.4, -0.2) is 48.4 Å². The molecule has 0 bridgehead atoms. The number of ether oxygens (including phenoxy) is 1. The van der Waals surface area contributed by atoms with Crippen LogP contribution < -0.4 is 5.73 Å². The molecule has 5 nitrogen and oxygen atoms in total. The summed E-state index contributed by atoms with van der Waals surface area (Å²) in [5.41, 5.74) is 5.11. The van der Waals surface area contributed by atoms with Crippen molar-refractivity contribution < 1.29 is 14.6 Å². The molecule has 0 aliphatic carbocycles. The van der Waals surface area contributed by atoms with Gasteiger partial charge in [-0.15, -0.1) is 0 Å². The lowest BCUT2D eigenvalue weighted by molar-refractivity contribution is -0.144. The van der Waals surface area contributed by atoms with Gasteiger partial charge in [-0.3, -0.25) is 4.79 Å². The summed E-state index contributed by atoms with van der Waals surface area (Å²) in [6, 6.07) is 0. The van der Waals surface area contributed by atoms with E-state index >= 15 is 0 Å². The highest BCUT2D eigenvalue weighted by atomic mass is 16.5. The Morgan fingerprint density at radius 2 is 2.55 bits per heavy atom. The number of rotatable bonds is 2. The molecular formula is C6H12N2O3. The first-order valence-corrected chi connectivity index (χ1v) is 3.49. The van der Waals surface area contributed by atoms with Gasteiger partial charge in [-0.1, -0.05) is 0 Å². The first-order chi connectivity index (χ1) is 5.20. The average molecular weight is 160 g/mol. The van der Waals surface area contributed by atoms with E-state index in [1.165, 1.54) is 4.90 Å². The molecule has 1 amide bonds. The van der Waals surface area contributed by atoms with E-state index in [-0.39, 0.29) is 19.1 Å². The molecule has 0 saturated carbocycles. The number of aliphatic hydroxyl groups is 1. The minimum Gasteiger partial charge on any atom is -0.377 e. The van der Waals surface area contributed by atoms with Crippen LogP contribution in [0, 0.1) is 0 Å². The lowest BCUT2D eigenvalue weighted by Gasteiger charge is -2.27. The first kappa shape index (κ1) is 8.45. The minimum absolute atomic E-state index is 0.104. The molecule has 1 aliphatic rings. The SMILES string of the molecule is NC(O)CN1CCOCC1=O. The molecule has 5 heteroatoms. The maximum absolute atomic E-state index is 11.0. The maximum Gasteiger partial charge on any atom is 0.248 e. The first-order valence-electron chi connectivity index (χ1n) is 3.49. The van der Waals surface area contributed by atoms with Crippen LogP contribution >= 0.6 is 0 Å². The summed E-state index contributed by atoms with van der Waals surface area (Å²) in [6.07, 6.45) is -0.947. The van der Waals surface area contributed by atoms with Crippen LogP contribution in [0.25, 0.3) is 0 Å². The zero-order valence-electron chi connectivity index (χ0n) is 6.19. The summed E-state index contributed by atoms with van der Waals surface area (Å²) in [7, 11) is 0. The van der Waals surface area contributed by atoms with Crippen molar-refractivity contribution in [2.75, 3.05) is 26.3 Å². The van der Waals surface area contributed by atoms with Gasteiger partial charge in [0.1, 0.15) is 12.8 Å². The summed E-state index contributed by atoms with van der Waals surface area (Å²) in [6.45, 7) is 1.35. The van der Waals surface area contributed by atoms with Gasteiger partial charge in [0.15, 0.2) is 0 Å². The number of carbonyl (C=O) groups is 1. The smallest absolute Gasteiger partial charge is 0.248 e. The Balaban J connectivity index is 2.36. The minimum atomic E-state index is -0.947. The number of morpholine rings is 1. The van der Waals surface area contributed by atoms with Crippen molar-refractivity contribution >= 4 is 5.91 Å². The number of nitrogens with two attached hydrogens (primary N) is 1. The fourth-order valence-electron chi connectivity index (χ4n) is 0.969. The second-order valence-corrected chi connectivity index (χ2v) is 2.46. The molecule has 1 heterocycles. The highest BCUT2D eigenvalue weighted by Crippen LogP contribution is 1.98. The largest absolute Gasteiger partial charge is 0.377 e. The van der Waals surface area contributed by atoms with Crippen LogP contribution in [0.3, 0.4) is 0 Å². The topological polar surface area (TPSA) is 75.8 Å². The van der Waals surface area contributed by atoms with E-state index in [0.29, 0.717) is 13.2 Å². The fraction of sp³-hybridized carbons (Fsp3) is 0.833. The van der Waals surface area contributed by atoms with Crippen LogP contribution in [0.4, 0.5) is 0 Å². The normalized spacial score (nSPS) is 22.0. The predicted octanol–water partition coefficient (Wildman–Crippen LogP) is -1.88. The molecule has 64 valence electrons. The molecule has 0 aromatic rings. The third-order valence-corrected chi connectivity index (χ3v) is 1.49. The average Bonchev–Trinajstić information content (AvgIpc) is 1.93. The van der Waals surface area contributed by atoms with E-state index < -0.39 is 6.23 Å². The highest BCUT2D eigenvalue weighted by molar-refractivity contribution is 5.77. The summed E-state index contributed by atoms with van der Waals surface area (Å²) in [5.74, 6) is -0.110. The Labute approximate surface area is 64.7 Å². The van der Waals surface area contributed by atoms with Crippen molar-refractivity contribution in [1.29, 1.82) is 0 Å². The van der Waals surface area contributed by atoms with Crippen molar-refractivity contribution in [3.63, 3.8) is 0 Å². The molecule has 0 spiro atoms. The number of hydrogen-bond donors (Lipinski definition) is 2. The molecular weight excluding hydrogens is 148 g/mol. The third kappa shape index (κ3) is 2.45. The summed E-state index contributed by atoms with van der Waals surface area (Å²) in [5, 5.41) is 8.77. The van der Waals surface area contributed by atoms with E-state index in [0.717, 1.165) is 0 Å². The molecule has 1 atom stereocenters. The number of aliphatic hydroxyl groups excluding tert-OH is 1. The van der Waals surface area contributed by atoms with Gasteiger partial charge in [0.25, 0.3) is 0 Å². The molecule has 1 unspecified atom stereocenters. The van der Waals surface area contributed by atoms with Gasteiger partial charge in [-0.05, 0) is 0 Å². The number of amides is 1. The van der Waals surface area contributed by atoms with E-state index in [4.69, 9.17) is 15.6 Å². The number of hydrogen-bond acceptors (Lipinski definition) is 4. The van der Waals surface area contributed by atoms with Gasteiger partial charge in [0, 0.05) is 6.54 Å². The van der Waals surface area contributed by atoms with Gasteiger partial charge >= 0.3 is 0 Å². The Kier molecular flexibility index (Phi) is 2.81. The Hall–Kier alpha value is -0.650. The maximum atomic E-state index is 11.0. The Morgan fingerprint density at radius 1 is 1.82 bits per heavy atom. The summed E-state index contributed by atoms with van der Waals surface area (Å²) >= 11 is 0. The highest BCUT2D eigenvalue weighted by Gasteiger charge is 2.19. The molecule has 1 aliphatic heterocycles. The van der Waals surface area contributed by atoms with Crippen molar-refractivity contribution in [1.82, 2.24) is 4.90 Å². The van der Waals surface area contributed by atoms with Gasteiger partial charge in [-0.25, -0.2) is 0 Å². The molecule has 1 fully saturated rings. The number of β-amino-alcohol motifs (C(OH)–C–C–N with tert-alkyl or cyclic N) is 1. The summed E-state index contributed by atoms with van der Waals surface area (Å²) in [4.78, 5) is 12.5. The molecule has 1 saturated heterocycles. The van der Waals surface area contributed by atoms with Gasteiger partial charge in [0.05, 0.1) is 13.2 Å². The number of carbonyl (C=O) groups excluding carboxylic acids is 1. The fourth-order valence-corrected chi connectivity index (χ4v) is 0.969. The van der Waals surface area contributed by atoms with Crippen molar-refractivity contribution in [2.24, 2.45) is 5.73 Å². The molecule has 0 aromatic heterocycles. The standard InChI is InChI=1S/C6H12N2O3/c7-5(9)3-8-1-2-11-4-6(8)10/h5,9H,1-4,7H2. The zero-order valence-corrected chi connectivity index (χ0v) is 6.19. The molecule has 0 radical (unpaired) electrons. The molecule has 1 rings (SSSR count). The predicted molar refractivity (Wildman–Crippen MR) is 37.6 cm³/mol. The van der Waals surface area contributed by atoms with Crippen LogP contribution in [0.15, 0.2) is 0 Å². The van der Waals surface area contributed by atoms with E-state index in [9.17, 15) is 4.79 Å². The second kappa shape index (κ2) is 3.66. The molecule has 3 N–H and O–H groups in total. The Morgan fingerprint density at radius 3 is 3.09 bits per heavy atom. The van der Waals surface area contributed by atoms with Crippen LogP contribution in [0.5, 0.6) is 0 Å². The van der Waals surface area contributed by atoms with Crippen LogP contribution in [-0.2, 0) is 9.53 Å². The lowest BCUT2D eigenvalue weighted by atomic mass is 10.4. The third-order valence-electron chi connectivity index (χ3n) is 1.49. The van der Waals surface area contributed by atoms with Crippen molar-refractivity contribution in [2.45, 2.75) is 6.23 Å². The monoisotopic (exact) mass is 160 g/mol. The van der Waals surface area contributed by atoms with Gasteiger partial charge < -0.3 is 20.5 Å². The number of nitrogens with zero attached hydrogens (tertiary/aromatic N) is 1. The van der Waals surface area contributed by atoms with Gasteiger partial charge in [0.2, 0.25) is 5.91 Å². The molecule has 0 aromatic carbocycles. The van der Waals surface area contributed by atoms with Crippen LogP contribution in [0.2, 0.25) is 0 Å². The lowest BCUT2D eigenvalue weighted by Crippen LogP contribution is -2.47. The van der Waals surface area contributed by atoms with Gasteiger partial charge in [-0.2, -0.15) is 0 Å². The zero-order chi connectivity index (χ0) is 8.27.